The van der Waals surface area contributed by atoms with Crippen LogP contribution in [0.3, 0.4) is 0 Å². The highest BCUT2D eigenvalue weighted by molar-refractivity contribution is 5.99. The van der Waals surface area contributed by atoms with Crippen LogP contribution < -0.4 is 0 Å². The average Bonchev–Trinajstić information content (AvgIpc) is 2.72. The van der Waals surface area contributed by atoms with Gasteiger partial charge in [0.05, 0.1) is 0 Å². The molecule has 0 saturated carbocycles. The average molecular weight is 242 g/mol. The summed E-state index contributed by atoms with van der Waals surface area (Å²) < 4.78 is 5.89. The first-order valence-corrected chi connectivity index (χ1v) is 6.13. The minimum absolute atomic E-state index is 0.0175. The van der Waals surface area contributed by atoms with Crippen LogP contribution in [0.5, 0.6) is 0 Å². The predicted molar refractivity (Wildman–Crippen MR) is 66.0 cm³/mol. The van der Waals surface area contributed by atoms with E-state index in [2.05, 4.69) is 0 Å². The molecule has 2 aliphatic rings. The Balaban J connectivity index is 2.13. The van der Waals surface area contributed by atoms with Gasteiger partial charge in [0.15, 0.2) is 11.6 Å². The standard InChI is InChI=1S/C15H14O3/c1-10(16)12-9-14-13(17)7-8-15(12,18-14)11-5-3-2-4-6-11/h2-6,9,14H,7-8H2,1H3. The van der Waals surface area contributed by atoms with Gasteiger partial charge >= 0.3 is 0 Å². The van der Waals surface area contributed by atoms with Crippen molar-refractivity contribution >= 4 is 11.6 Å². The highest BCUT2D eigenvalue weighted by Crippen LogP contribution is 2.47. The van der Waals surface area contributed by atoms with Crippen molar-refractivity contribution in [3.05, 3.63) is 47.5 Å². The lowest BCUT2D eigenvalue weighted by molar-refractivity contribution is -0.145. The number of ketones is 2. The van der Waals surface area contributed by atoms with E-state index in [1.165, 1.54) is 6.92 Å². The van der Waals surface area contributed by atoms with Crippen molar-refractivity contribution in [2.45, 2.75) is 31.5 Å². The van der Waals surface area contributed by atoms with Gasteiger partial charge in [-0.3, -0.25) is 9.59 Å². The molecule has 1 saturated heterocycles. The molecule has 0 N–H and O–H groups in total. The first kappa shape index (κ1) is 11.4. The summed E-state index contributed by atoms with van der Waals surface area (Å²) >= 11 is 0. The molecule has 1 fully saturated rings. The van der Waals surface area contributed by atoms with Crippen molar-refractivity contribution in [3.8, 4) is 0 Å². The smallest absolute Gasteiger partial charge is 0.165 e. The van der Waals surface area contributed by atoms with Gasteiger partial charge in [-0.15, -0.1) is 0 Å². The Kier molecular flexibility index (Phi) is 2.45. The number of hydrogen-bond donors (Lipinski definition) is 0. The number of carbonyl (C=O) groups is 2. The Labute approximate surface area is 105 Å². The first-order valence-electron chi connectivity index (χ1n) is 6.13. The van der Waals surface area contributed by atoms with Gasteiger partial charge in [-0.05, 0) is 25.0 Å². The van der Waals surface area contributed by atoms with Crippen molar-refractivity contribution in [1.29, 1.82) is 0 Å². The maximum absolute atomic E-state index is 11.8. The molecule has 18 heavy (non-hydrogen) atoms. The molecule has 2 aliphatic heterocycles. The fraction of sp³-hybridized carbons (Fsp3) is 0.333. The van der Waals surface area contributed by atoms with E-state index in [0.717, 1.165) is 5.56 Å². The quantitative estimate of drug-likeness (QED) is 0.798. The molecule has 2 heterocycles. The van der Waals surface area contributed by atoms with Gasteiger partial charge in [0.25, 0.3) is 0 Å². The number of fused-ring (bicyclic) bond motifs is 2. The van der Waals surface area contributed by atoms with Gasteiger partial charge in [0.1, 0.15) is 11.7 Å². The normalized spacial score (nSPS) is 30.2. The van der Waals surface area contributed by atoms with E-state index < -0.39 is 11.7 Å². The SMILES string of the molecule is CC(=O)C1=CC2OC1(c1ccccc1)CCC2=O. The molecule has 92 valence electrons. The zero-order valence-electron chi connectivity index (χ0n) is 10.2. The highest BCUT2D eigenvalue weighted by atomic mass is 16.5. The van der Waals surface area contributed by atoms with Crippen LogP contribution in [0, 0.1) is 0 Å². The summed E-state index contributed by atoms with van der Waals surface area (Å²) in [5.41, 5.74) is 0.886. The lowest BCUT2D eigenvalue weighted by Gasteiger charge is -2.35. The van der Waals surface area contributed by atoms with Crippen molar-refractivity contribution in [2.75, 3.05) is 0 Å². The van der Waals surface area contributed by atoms with E-state index in [-0.39, 0.29) is 11.6 Å². The number of carbonyl (C=O) groups excluding carboxylic acids is 2. The van der Waals surface area contributed by atoms with Gasteiger partial charge in [0, 0.05) is 12.0 Å². The van der Waals surface area contributed by atoms with Crippen molar-refractivity contribution in [2.24, 2.45) is 0 Å². The number of rotatable bonds is 2. The molecule has 2 unspecified atom stereocenters. The second kappa shape index (κ2) is 3.89. The Hall–Kier alpha value is -1.74. The van der Waals surface area contributed by atoms with E-state index in [1.54, 1.807) is 6.08 Å². The molecule has 0 radical (unpaired) electrons. The summed E-state index contributed by atoms with van der Waals surface area (Å²) in [6.45, 7) is 1.53. The second-order valence-electron chi connectivity index (χ2n) is 4.83. The van der Waals surface area contributed by atoms with Gasteiger partial charge in [0.2, 0.25) is 0 Å². The monoisotopic (exact) mass is 242 g/mol. The Morgan fingerprint density at radius 1 is 1.33 bits per heavy atom. The summed E-state index contributed by atoms with van der Waals surface area (Å²) in [5.74, 6) is 0.0499. The number of ether oxygens (including phenoxy) is 1. The highest BCUT2D eigenvalue weighted by Gasteiger charge is 2.50. The third-order valence-corrected chi connectivity index (χ3v) is 3.74. The lowest BCUT2D eigenvalue weighted by Crippen LogP contribution is -2.39. The summed E-state index contributed by atoms with van der Waals surface area (Å²) in [6, 6.07) is 9.69. The summed E-state index contributed by atoms with van der Waals surface area (Å²) in [7, 11) is 0. The van der Waals surface area contributed by atoms with Crippen LogP contribution in [0.4, 0.5) is 0 Å². The van der Waals surface area contributed by atoms with Crippen LogP contribution in [-0.2, 0) is 19.9 Å². The van der Waals surface area contributed by atoms with Crippen molar-refractivity contribution in [3.63, 3.8) is 0 Å². The largest absolute Gasteiger partial charge is 0.350 e. The lowest BCUT2D eigenvalue weighted by atomic mass is 9.81. The molecule has 2 bridgehead atoms. The maximum Gasteiger partial charge on any atom is 0.165 e. The fourth-order valence-electron chi connectivity index (χ4n) is 2.87. The van der Waals surface area contributed by atoms with E-state index in [1.807, 2.05) is 30.3 Å². The Morgan fingerprint density at radius 2 is 2.06 bits per heavy atom. The van der Waals surface area contributed by atoms with Crippen molar-refractivity contribution in [1.82, 2.24) is 0 Å². The number of hydrogen-bond acceptors (Lipinski definition) is 3. The van der Waals surface area contributed by atoms with Crippen LogP contribution in [0.15, 0.2) is 42.0 Å². The van der Waals surface area contributed by atoms with Crippen LogP contribution in [-0.4, -0.2) is 17.7 Å². The van der Waals surface area contributed by atoms with Gasteiger partial charge in [-0.2, -0.15) is 0 Å². The molecule has 3 rings (SSSR count). The molecule has 1 aromatic carbocycles. The minimum Gasteiger partial charge on any atom is -0.350 e. The topological polar surface area (TPSA) is 43.4 Å². The first-order chi connectivity index (χ1) is 8.63. The van der Waals surface area contributed by atoms with Crippen LogP contribution >= 0.6 is 0 Å². The third-order valence-electron chi connectivity index (χ3n) is 3.74. The van der Waals surface area contributed by atoms with Gasteiger partial charge in [-0.1, -0.05) is 30.3 Å². The van der Waals surface area contributed by atoms with E-state index in [9.17, 15) is 9.59 Å². The van der Waals surface area contributed by atoms with Gasteiger partial charge in [-0.25, -0.2) is 0 Å². The summed E-state index contributed by atoms with van der Waals surface area (Å²) in [4.78, 5) is 23.5. The Bertz CT molecular complexity index is 544. The summed E-state index contributed by atoms with van der Waals surface area (Å²) in [6.07, 6.45) is 2.17. The van der Waals surface area contributed by atoms with Crippen LogP contribution in [0.25, 0.3) is 0 Å². The molecule has 0 amide bonds. The minimum atomic E-state index is -0.703. The number of benzene rings is 1. The molecule has 1 aromatic rings. The Morgan fingerprint density at radius 3 is 2.72 bits per heavy atom. The van der Waals surface area contributed by atoms with E-state index in [0.29, 0.717) is 18.4 Å². The molecule has 0 aromatic heterocycles. The third kappa shape index (κ3) is 1.47. The van der Waals surface area contributed by atoms with E-state index >= 15 is 0 Å². The molecular weight excluding hydrogens is 228 g/mol. The summed E-state index contributed by atoms with van der Waals surface area (Å²) in [5, 5.41) is 0. The molecule has 2 atom stereocenters. The van der Waals surface area contributed by atoms with Crippen molar-refractivity contribution < 1.29 is 14.3 Å². The van der Waals surface area contributed by atoms with Crippen LogP contribution in [0.2, 0.25) is 0 Å². The molecular formula is C15H14O3. The zero-order chi connectivity index (χ0) is 12.8. The predicted octanol–water partition coefficient (Wildman–Crippen LogP) is 2.16. The molecule has 3 heteroatoms. The fourth-order valence-corrected chi connectivity index (χ4v) is 2.87. The maximum atomic E-state index is 11.8. The van der Waals surface area contributed by atoms with Gasteiger partial charge < -0.3 is 4.74 Å². The zero-order valence-corrected chi connectivity index (χ0v) is 10.2. The second-order valence-corrected chi connectivity index (χ2v) is 4.83. The molecule has 3 nitrogen and oxygen atoms in total. The number of Topliss-reactive ketones (excluding diaryl/α,β-unsaturated/α-hetero) is 2. The van der Waals surface area contributed by atoms with Crippen LogP contribution in [0.1, 0.15) is 25.3 Å². The molecule has 0 spiro atoms. The molecule has 0 aliphatic carbocycles. The van der Waals surface area contributed by atoms with E-state index in [4.69, 9.17) is 4.74 Å².